The highest BCUT2D eigenvalue weighted by Gasteiger charge is 2.33. The lowest BCUT2D eigenvalue weighted by molar-refractivity contribution is 0.139. The van der Waals surface area contributed by atoms with Crippen molar-refractivity contribution in [2.24, 2.45) is 5.92 Å². The van der Waals surface area contributed by atoms with Crippen molar-refractivity contribution in [2.75, 3.05) is 13.2 Å². The van der Waals surface area contributed by atoms with E-state index in [4.69, 9.17) is 5.26 Å². The minimum Gasteiger partial charge on any atom is -0.396 e. The molecule has 114 valence electrons. The zero-order valence-corrected chi connectivity index (χ0v) is 12.9. The highest BCUT2D eigenvalue weighted by atomic mass is 32.2. The third kappa shape index (κ3) is 3.82. The van der Waals surface area contributed by atoms with Gasteiger partial charge in [0, 0.05) is 19.2 Å². The van der Waals surface area contributed by atoms with Crippen molar-refractivity contribution in [1.29, 1.82) is 5.26 Å². The molecule has 1 aromatic carbocycles. The standard InChI is InChI=1S/C15H20N2O3S/c1-12-5-6-15(10-18)9-17(12)21(19,20)11-14-4-2-3-13(7-14)8-16/h2-4,7,12,15,18H,5-6,9-11H2,1H3. The fourth-order valence-corrected chi connectivity index (χ4v) is 4.57. The number of nitriles is 1. The number of rotatable bonds is 4. The van der Waals surface area contributed by atoms with E-state index in [9.17, 15) is 13.5 Å². The van der Waals surface area contributed by atoms with Gasteiger partial charge in [0.25, 0.3) is 0 Å². The number of hydrogen-bond donors (Lipinski definition) is 1. The van der Waals surface area contributed by atoms with Crippen molar-refractivity contribution >= 4 is 10.0 Å². The molecule has 21 heavy (non-hydrogen) atoms. The lowest BCUT2D eigenvalue weighted by atomic mass is 9.96. The number of nitrogens with zero attached hydrogens (tertiary/aromatic N) is 2. The van der Waals surface area contributed by atoms with Crippen LogP contribution in [0.1, 0.15) is 30.9 Å². The van der Waals surface area contributed by atoms with Crippen LogP contribution in [0.4, 0.5) is 0 Å². The summed E-state index contributed by atoms with van der Waals surface area (Å²) < 4.78 is 26.7. The van der Waals surface area contributed by atoms with E-state index < -0.39 is 10.0 Å². The Balaban J connectivity index is 2.18. The molecular formula is C15H20N2O3S. The largest absolute Gasteiger partial charge is 0.396 e. The Morgan fingerprint density at radius 2 is 2.19 bits per heavy atom. The van der Waals surface area contributed by atoms with Gasteiger partial charge in [0.15, 0.2) is 0 Å². The number of hydrogen-bond acceptors (Lipinski definition) is 4. The lowest BCUT2D eigenvalue weighted by Crippen LogP contribution is -2.46. The van der Waals surface area contributed by atoms with Crippen LogP contribution in [0.15, 0.2) is 24.3 Å². The molecule has 1 aromatic rings. The summed E-state index contributed by atoms with van der Waals surface area (Å²) >= 11 is 0. The van der Waals surface area contributed by atoms with Gasteiger partial charge >= 0.3 is 0 Å². The molecule has 2 rings (SSSR count). The normalized spacial score (nSPS) is 23.7. The second-order valence-electron chi connectivity index (χ2n) is 5.61. The van der Waals surface area contributed by atoms with Gasteiger partial charge < -0.3 is 5.11 Å². The molecule has 0 radical (unpaired) electrons. The Morgan fingerprint density at radius 1 is 1.43 bits per heavy atom. The third-order valence-electron chi connectivity index (χ3n) is 3.94. The first-order chi connectivity index (χ1) is 9.96. The van der Waals surface area contributed by atoms with Crippen LogP contribution in [0, 0.1) is 17.2 Å². The number of sulfonamides is 1. The van der Waals surface area contributed by atoms with Crippen LogP contribution in [0.3, 0.4) is 0 Å². The zero-order chi connectivity index (χ0) is 15.5. The van der Waals surface area contributed by atoms with Crippen molar-refractivity contribution < 1.29 is 13.5 Å². The molecule has 1 aliphatic heterocycles. The maximum absolute atomic E-state index is 12.6. The number of aliphatic hydroxyl groups excluding tert-OH is 1. The average molecular weight is 308 g/mol. The summed E-state index contributed by atoms with van der Waals surface area (Å²) in [5.41, 5.74) is 1.08. The predicted octanol–water partition coefficient (Wildman–Crippen LogP) is 1.48. The van der Waals surface area contributed by atoms with E-state index in [-0.39, 0.29) is 24.3 Å². The van der Waals surface area contributed by atoms with Crippen molar-refractivity contribution in [2.45, 2.75) is 31.6 Å². The van der Waals surface area contributed by atoms with E-state index >= 15 is 0 Å². The van der Waals surface area contributed by atoms with Crippen LogP contribution in [0.2, 0.25) is 0 Å². The molecule has 1 saturated heterocycles. The number of aliphatic hydroxyl groups is 1. The summed E-state index contributed by atoms with van der Waals surface area (Å²) in [6.45, 7) is 2.29. The topological polar surface area (TPSA) is 81.4 Å². The van der Waals surface area contributed by atoms with Crippen LogP contribution in [-0.2, 0) is 15.8 Å². The van der Waals surface area contributed by atoms with Gasteiger partial charge in [-0.15, -0.1) is 0 Å². The molecule has 0 spiro atoms. The highest BCUT2D eigenvalue weighted by Crippen LogP contribution is 2.26. The minimum absolute atomic E-state index is 0.0152. The van der Waals surface area contributed by atoms with Crippen LogP contribution < -0.4 is 0 Å². The minimum atomic E-state index is -3.44. The maximum atomic E-state index is 12.6. The summed E-state index contributed by atoms with van der Waals surface area (Å²) in [5, 5.41) is 18.1. The van der Waals surface area contributed by atoms with Gasteiger partial charge in [-0.3, -0.25) is 0 Å². The number of benzene rings is 1. The molecule has 1 aliphatic rings. The van der Waals surface area contributed by atoms with E-state index in [2.05, 4.69) is 0 Å². The summed E-state index contributed by atoms with van der Waals surface area (Å²) in [7, 11) is -3.44. The van der Waals surface area contributed by atoms with Gasteiger partial charge in [-0.05, 0) is 43.4 Å². The smallest absolute Gasteiger partial charge is 0.218 e. The zero-order valence-electron chi connectivity index (χ0n) is 12.1. The Bertz CT molecular complexity index is 637. The molecule has 0 aromatic heterocycles. The van der Waals surface area contributed by atoms with Gasteiger partial charge in [0.1, 0.15) is 0 Å². The van der Waals surface area contributed by atoms with Gasteiger partial charge in [-0.2, -0.15) is 9.57 Å². The second kappa shape index (κ2) is 6.56. The van der Waals surface area contributed by atoms with Crippen LogP contribution in [-0.4, -0.2) is 37.0 Å². The first-order valence-corrected chi connectivity index (χ1v) is 8.66. The molecule has 0 saturated carbocycles. The molecule has 1 N–H and O–H groups in total. The number of piperidine rings is 1. The average Bonchev–Trinajstić information content (AvgIpc) is 2.47. The Kier molecular flexibility index (Phi) is 4.99. The summed E-state index contributed by atoms with van der Waals surface area (Å²) in [4.78, 5) is 0. The Hall–Kier alpha value is -1.42. The molecule has 1 fully saturated rings. The molecule has 5 nitrogen and oxygen atoms in total. The van der Waals surface area contributed by atoms with Gasteiger partial charge in [-0.25, -0.2) is 8.42 Å². The van der Waals surface area contributed by atoms with Crippen molar-refractivity contribution in [3.05, 3.63) is 35.4 Å². The van der Waals surface area contributed by atoms with Crippen LogP contribution in [0.5, 0.6) is 0 Å². The fraction of sp³-hybridized carbons (Fsp3) is 0.533. The van der Waals surface area contributed by atoms with Gasteiger partial charge in [0.05, 0.1) is 17.4 Å². The SMILES string of the molecule is CC1CCC(CO)CN1S(=O)(=O)Cc1cccc(C#N)c1. The van der Waals surface area contributed by atoms with Gasteiger partial charge in [-0.1, -0.05) is 12.1 Å². The van der Waals surface area contributed by atoms with E-state index in [0.717, 1.165) is 12.8 Å². The Labute approximate surface area is 125 Å². The van der Waals surface area contributed by atoms with Crippen LogP contribution in [0.25, 0.3) is 0 Å². The first-order valence-electron chi connectivity index (χ1n) is 7.05. The summed E-state index contributed by atoms with van der Waals surface area (Å²) in [6.07, 6.45) is 1.62. The monoisotopic (exact) mass is 308 g/mol. The van der Waals surface area contributed by atoms with Crippen LogP contribution >= 0.6 is 0 Å². The third-order valence-corrected chi connectivity index (χ3v) is 5.86. The maximum Gasteiger partial charge on any atom is 0.218 e. The lowest BCUT2D eigenvalue weighted by Gasteiger charge is -2.36. The van der Waals surface area contributed by atoms with Crippen molar-refractivity contribution in [3.63, 3.8) is 0 Å². The van der Waals surface area contributed by atoms with Crippen molar-refractivity contribution in [3.8, 4) is 6.07 Å². The second-order valence-corrected chi connectivity index (χ2v) is 7.53. The fourth-order valence-electron chi connectivity index (χ4n) is 2.71. The van der Waals surface area contributed by atoms with E-state index in [1.54, 1.807) is 24.3 Å². The van der Waals surface area contributed by atoms with E-state index in [1.165, 1.54) is 4.31 Å². The Morgan fingerprint density at radius 3 is 2.86 bits per heavy atom. The highest BCUT2D eigenvalue weighted by molar-refractivity contribution is 7.88. The summed E-state index contributed by atoms with van der Waals surface area (Å²) in [5.74, 6) is -0.0909. The van der Waals surface area contributed by atoms with Crippen molar-refractivity contribution in [1.82, 2.24) is 4.31 Å². The molecular weight excluding hydrogens is 288 g/mol. The molecule has 1 heterocycles. The van der Waals surface area contributed by atoms with E-state index in [0.29, 0.717) is 17.7 Å². The first kappa shape index (κ1) is 16.0. The van der Waals surface area contributed by atoms with E-state index in [1.807, 2.05) is 13.0 Å². The predicted molar refractivity (Wildman–Crippen MR) is 79.8 cm³/mol. The van der Waals surface area contributed by atoms with Gasteiger partial charge in [0.2, 0.25) is 10.0 Å². The molecule has 0 aliphatic carbocycles. The molecule has 6 heteroatoms. The molecule has 0 amide bonds. The molecule has 0 bridgehead atoms. The molecule has 2 atom stereocenters. The molecule has 2 unspecified atom stereocenters. The quantitative estimate of drug-likeness (QED) is 0.913. The summed E-state index contributed by atoms with van der Waals surface area (Å²) in [6, 6.07) is 8.65.